The Balaban J connectivity index is 1.43. The molecule has 2 fully saturated rings. The van der Waals surface area contributed by atoms with Gasteiger partial charge in [-0.1, -0.05) is 35.9 Å². The number of carboxylic acids is 1. The lowest BCUT2D eigenvalue weighted by molar-refractivity contribution is -0.131. The first-order chi connectivity index (χ1) is 16.5. The highest BCUT2D eigenvalue weighted by atomic mass is 16.4. The van der Waals surface area contributed by atoms with Gasteiger partial charge in [0.05, 0.1) is 18.7 Å². The maximum atomic E-state index is 12.5. The van der Waals surface area contributed by atoms with Crippen LogP contribution in [0.25, 0.3) is 0 Å². The first-order valence-electron chi connectivity index (χ1n) is 11.9. The van der Waals surface area contributed by atoms with E-state index in [0.29, 0.717) is 24.7 Å². The molecule has 2 aromatic rings. The Morgan fingerprint density at radius 3 is 2.32 bits per heavy atom. The lowest BCUT2D eigenvalue weighted by Crippen LogP contribution is -2.52. The molecule has 2 aliphatic heterocycles. The van der Waals surface area contributed by atoms with Crippen molar-refractivity contribution in [3.63, 3.8) is 0 Å². The second-order valence-corrected chi connectivity index (χ2v) is 8.99. The number of anilines is 1. The highest BCUT2D eigenvalue weighted by Gasteiger charge is 2.25. The molecule has 0 unspecified atom stereocenters. The molecule has 2 saturated heterocycles. The molecule has 34 heavy (non-hydrogen) atoms. The maximum Gasteiger partial charge on any atom is 0.335 e. The molecule has 180 valence electrons. The van der Waals surface area contributed by atoms with Crippen molar-refractivity contribution in [3.05, 3.63) is 65.2 Å². The van der Waals surface area contributed by atoms with E-state index >= 15 is 0 Å². The highest BCUT2D eigenvalue weighted by molar-refractivity contribution is 5.96. The molecule has 0 radical (unpaired) electrons. The summed E-state index contributed by atoms with van der Waals surface area (Å²) in [5, 5.41) is 12.7. The van der Waals surface area contributed by atoms with Crippen molar-refractivity contribution in [1.29, 1.82) is 0 Å². The van der Waals surface area contributed by atoms with Crippen molar-refractivity contribution in [3.8, 4) is 0 Å². The summed E-state index contributed by atoms with van der Waals surface area (Å²) in [5.41, 5.74) is 3.23. The normalized spacial score (nSPS) is 17.1. The quantitative estimate of drug-likeness (QED) is 0.506. The van der Waals surface area contributed by atoms with Crippen LogP contribution in [0.1, 0.15) is 34.3 Å². The van der Waals surface area contributed by atoms with E-state index in [1.54, 1.807) is 18.2 Å². The van der Waals surface area contributed by atoms with Gasteiger partial charge in [0.2, 0.25) is 5.91 Å². The van der Waals surface area contributed by atoms with Gasteiger partial charge >= 0.3 is 5.97 Å². The molecule has 2 aliphatic rings. The highest BCUT2D eigenvalue weighted by Crippen LogP contribution is 2.15. The molecule has 8 heteroatoms. The Kier molecular flexibility index (Phi) is 7.80. The van der Waals surface area contributed by atoms with Crippen LogP contribution in [0, 0.1) is 6.92 Å². The standard InChI is InChI=1S/C26H33N5O3/c1-20-7-9-21(10-8-20)18-27-26(28-23-6-4-5-22(17-23)25(33)34)31-15-13-29(14-16-31)19-24(32)30-11-2-3-12-30/h4-10,17H,2-3,11-16,18-19H2,1H3,(H,27,28)(H,33,34). The minimum Gasteiger partial charge on any atom is -0.478 e. The summed E-state index contributed by atoms with van der Waals surface area (Å²) >= 11 is 0. The number of nitrogens with zero attached hydrogens (tertiary/aromatic N) is 4. The third-order valence-corrected chi connectivity index (χ3v) is 6.39. The van der Waals surface area contributed by atoms with Gasteiger partial charge in [-0.3, -0.25) is 9.69 Å². The number of guanidine groups is 1. The molecule has 1 amide bonds. The zero-order valence-electron chi connectivity index (χ0n) is 19.7. The number of amides is 1. The Labute approximate surface area is 200 Å². The fourth-order valence-corrected chi connectivity index (χ4v) is 4.31. The predicted octanol–water partition coefficient (Wildman–Crippen LogP) is 2.90. The number of carbonyl (C=O) groups excluding carboxylic acids is 1. The number of carboxylic acid groups (broad SMARTS) is 1. The molecule has 2 aromatic carbocycles. The van der Waals surface area contributed by atoms with E-state index in [1.165, 1.54) is 5.56 Å². The Bertz CT molecular complexity index is 1020. The summed E-state index contributed by atoms with van der Waals surface area (Å²) in [7, 11) is 0. The van der Waals surface area contributed by atoms with Crippen molar-refractivity contribution in [2.45, 2.75) is 26.3 Å². The number of likely N-dealkylation sites (tertiary alicyclic amines) is 1. The van der Waals surface area contributed by atoms with E-state index in [1.807, 2.05) is 11.0 Å². The Morgan fingerprint density at radius 1 is 0.941 bits per heavy atom. The van der Waals surface area contributed by atoms with Crippen molar-refractivity contribution in [1.82, 2.24) is 14.7 Å². The van der Waals surface area contributed by atoms with Crippen LogP contribution in [0.15, 0.2) is 53.5 Å². The molecule has 0 aromatic heterocycles. The lowest BCUT2D eigenvalue weighted by Gasteiger charge is -2.36. The number of aromatic carboxylic acids is 1. The molecule has 2 heterocycles. The monoisotopic (exact) mass is 463 g/mol. The zero-order valence-corrected chi connectivity index (χ0v) is 19.7. The largest absolute Gasteiger partial charge is 0.478 e. The third kappa shape index (κ3) is 6.35. The third-order valence-electron chi connectivity index (χ3n) is 6.39. The van der Waals surface area contributed by atoms with E-state index in [-0.39, 0.29) is 11.5 Å². The van der Waals surface area contributed by atoms with Gasteiger partial charge in [-0.05, 0) is 43.5 Å². The average molecular weight is 464 g/mol. The first-order valence-corrected chi connectivity index (χ1v) is 11.9. The van der Waals surface area contributed by atoms with Gasteiger partial charge in [-0.2, -0.15) is 0 Å². The summed E-state index contributed by atoms with van der Waals surface area (Å²) in [6.45, 7) is 7.86. The van der Waals surface area contributed by atoms with E-state index in [0.717, 1.165) is 57.7 Å². The Morgan fingerprint density at radius 2 is 1.65 bits per heavy atom. The Hall–Kier alpha value is -3.39. The summed E-state index contributed by atoms with van der Waals surface area (Å²) in [6.07, 6.45) is 2.21. The van der Waals surface area contributed by atoms with Crippen LogP contribution in [0.5, 0.6) is 0 Å². The molecule has 0 bridgehead atoms. The van der Waals surface area contributed by atoms with Gasteiger partial charge in [-0.15, -0.1) is 0 Å². The number of rotatable bonds is 6. The fourth-order valence-electron chi connectivity index (χ4n) is 4.31. The topological polar surface area (TPSA) is 88.5 Å². The van der Waals surface area contributed by atoms with Crippen LogP contribution in [-0.2, 0) is 11.3 Å². The fraction of sp³-hybridized carbons (Fsp3) is 0.423. The van der Waals surface area contributed by atoms with Gasteiger partial charge in [0.15, 0.2) is 5.96 Å². The van der Waals surface area contributed by atoms with E-state index in [9.17, 15) is 14.7 Å². The number of carbonyl (C=O) groups is 2. The van der Waals surface area contributed by atoms with Crippen LogP contribution in [-0.4, -0.2) is 83.5 Å². The number of hydrogen-bond acceptors (Lipinski definition) is 4. The molecule has 0 saturated carbocycles. The number of nitrogens with one attached hydrogen (secondary N) is 1. The minimum absolute atomic E-state index is 0.225. The van der Waals surface area contributed by atoms with Crippen molar-refractivity contribution in [2.24, 2.45) is 4.99 Å². The maximum absolute atomic E-state index is 12.5. The van der Waals surface area contributed by atoms with Crippen LogP contribution < -0.4 is 5.32 Å². The molecule has 4 rings (SSSR count). The van der Waals surface area contributed by atoms with Crippen molar-refractivity contribution < 1.29 is 14.7 Å². The summed E-state index contributed by atoms with van der Waals surface area (Å²) < 4.78 is 0. The number of hydrogen-bond donors (Lipinski definition) is 2. The lowest BCUT2D eigenvalue weighted by atomic mass is 10.1. The van der Waals surface area contributed by atoms with E-state index in [2.05, 4.69) is 46.3 Å². The van der Waals surface area contributed by atoms with Gasteiger partial charge in [0.25, 0.3) is 0 Å². The van der Waals surface area contributed by atoms with Crippen LogP contribution in [0.3, 0.4) is 0 Å². The van der Waals surface area contributed by atoms with Gasteiger partial charge in [-0.25, -0.2) is 9.79 Å². The molecular formula is C26H33N5O3. The van der Waals surface area contributed by atoms with Gasteiger partial charge < -0.3 is 20.2 Å². The average Bonchev–Trinajstić information content (AvgIpc) is 3.39. The number of aliphatic imine (C=N–C) groups is 1. The molecule has 0 aliphatic carbocycles. The molecule has 8 nitrogen and oxygen atoms in total. The number of piperazine rings is 1. The second kappa shape index (κ2) is 11.2. The van der Waals surface area contributed by atoms with Crippen molar-refractivity contribution >= 4 is 23.5 Å². The van der Waals surface area contributed by atoms with Gasteiger partial charge in [0.1, 0.15) is 0 Å². The summed E-state index contributed by atoms with van der Waals surface area (Å²) in [5.74, 6) is -0.0190. The second-order valence-electron chi connectivity index (χ2n) is 8.99. The van der Waals surface area contributed by atoms with Crippen molar-refractivity contribution in [2.75, 3.05) is 51.1 Å². The summed E-state index contributed by atoms with van der Waals surface area (Å²) in [6, 6.07) is 15.1. The SMILES string of the molecule is Cc1ccc(CN=C(Nc2cccc(C(=O)O)c2)N2CCN(CC(=O)N3CCCC3)CC2)cc1. The molecule has 0 atom stereocenters. The zero-order chi connectivity index (χ0) is 23.9. The van der Waals surface area contributed by atoms with Crippen LogP contribution in [0.2, 0.25) is 0 Å². The molecule has 0 spiro atoms. The number of aryl methyl sites for hydroxylation is 1. The van der Waals surface area contributed by atoms with Crippen LogP contribution in [0.4, 0.5) is 5.69 Å². The number of benzene rings is 2. The van der Waals surface area contributed by atoms with E-state index in [4.69, 9.17) is 4.99 Å². The molecular weight excluding hydrogens is 430 g/mol. The minimum atomic E-state index is -0.960. The van der Waals surface area contributed by atoms with Gasteiger partial charge in [0, 0.05) is 45.0 Å². The smallest absolute Gasteiger partial charge is 0.335 e. The summed E-state index contributed by atoms with van der Waals surface area (Å²) in [4.78, 5) is 35.1. The van der Waals surface area contributed by atoms with Crippen LogP contribution >= 0.6 is 0 Å². The first kappa shape index (κ1) is 23.8. The van der Waals surface area contributed by atoms with E-state index < -0.39 is 5.97 Å². The molecule has 2 N–H and O–H groups in total. The predicted molar refractivity (Wildman–Crippen MR) is 133 cm³/mol.